The Hall–Kier alpha value is -2.91. The predicted octanol–water partition coefficient (Wildman–Crippen LogP) is 5.88. The van der Waals surface area contributed by atoms with Crippen LogP contribution in [0.3, 0.4) is 0 Å². The number of benzene rings is 3. The zero-order chi connectivity index (χ0) is 23.4. The van der Waals surface area contributed by atoms with Crippen LogP contribution >= 0.6 is 11.9 Å². The molecule has 3 aromatic rings. The van der Waals surface area contributed by atoms with Crippen molar-refractivity contribution >= 4 is 17.7 Å². The van der Waals surface area contributed by atoms with Crippen LogP contribution in [-0.2, 0) is 5.41 Å². The number of likely N-dealkylation sites (tertiary alicyclic amines) is 1. The van der Waals surface area contributed by atoms with Crippen LogP contribution in [-0.4, -0.2) is 41.2 Å². The predicted molar refractivity (Wildman–Crippen MR) is 137 cm³/mol. The van der Waals surface area contributed by atoms with Crippen molar-refractivity contribution in [2.75, 3.05) is 26.2 Å². The van der Waals surface area contributed by atoms with Gasteiger partial charge < -0.3 is 4.90 Å². The molecule has 172 valence electrons. The van der Waals surface area contributed by atoms with Crippen LogP contribution in [0.2, 0.25) is 0 Å². The van der Waals surface area contributed by atoms with Gasteiger partial charge in [-0.1, -0.05) is 78.9 Å². The van der Waals surface area contributed by atoms with Gasteiger partial charge in [-0.05, 0) is 68.0 Å². The molecule has 4 nitrogen and oxygen atoms in total. The van der Waals surface area contributed by atoms with E-state index in [1.54, 1.807) is 11.9 Å². The Morgan fingerprint density at radius 3 is 2.26 bits per heavy atom. The fourth-order valence-corrected chi connectivity index (χ4v) is 6.38. The molecule has 0 N–H and O–H groups in total. The number of hydrogen-bond donors (Lipinski definition) is 0. The second kappa shape index (κ2) is 10.1. The second-order valence-corrected chi connectivity index (χ2v) is 10.3. The molecule has 0 amide bonds. The molecular formula is C29H29N3OS. The number of nitriles is 1. The number of hydrogen-bond acceptors (Lipinski definition) is 5. The molecule has 0 aliphatic carbocycles. The average Bonchev–Trinajstić information content (AvgIpc) is 2.90. The van der Waals surface area contributed by atoms with Gasteiger partial charge >= 0.3 is 0 Å². The van der Waals surface area contributed by atoms with Gasteiger partial charge in [-0.25, -0.2) is 4.31 Å². The van der Waals surface area contributed by atoms with Gasteiger partial charge in [0.15, 0.2) is 5.78 Å². The van der Waals surface area contributed by atoms with E-state index in [-0.39, 0.29) is 17.2 Å². The Kier molecular flexibility index (Phi) is 6.82. The van der Waals surface area contributed by atoms with Gasteiger partial charge in [0.25, 0.3) is 0 Å². The summed E-state index contributed by atoms with van der Waals surface area (Å²) >= 11 is 1.70. The molecule has 34 heavy (non-hydrogen) atoms. The Morgan fingerprint density at radius 2 is 1.56 bits per heavy atom. The molecule has 1 saturated heterocycles. The highest BCUT2D eigenvalue weighted by Crippen LogP contribution is 2.40. The van der Waals surface area contributed by atoms with Crippen LogP contribution in [0, 0.1) is 11.3 Å². The first-order chi connectivity index (χ1) is 16.7. The van der Waals surface area contributed by atoms with Crippen molar-refractivity contribution in [2.24, 2.45) is 0 Å². The summed E-state index contributed by atoms with van der Waals surface area (Å²) in [5, 5.41) is 10.0. The normalized spacial score (nSPS) is 19.2. The van der Waals surface area contributed by atoms with E-state index in [2.05, 4.69) is 51.7 Å². The molecule has 2 aliphatic heterocycles. The topological polar surface area (TPSA) is 47.3 Å². The summed E-state index contributed by atoms with van der Waals surface area (Å²) in [6.07, 6.45) is 2.65. The third kappa shape index (κ3) is 4.67. The van der Waals surface area contributed by atoms with Crippen molar-refractivity contribution in [3.8, 4) is 6.07 Å². The summed E-state index contributed by atoms with van der Waals surface area (Å²) in [4.78, 5) is 16.4. The van der Waals surface area contributed by atoms with E-state index in [0.717, 1.165) is 54.9 Å². The molecule has 0 saturated carbocycles. The third-order valence-electron chi connectivity index (χ3n) is 7.20. The molecule has 1 atom stereocenters. The second-order valence-electron chi connectivity index (χ2n) is 9.20. The van der Waals surface area contributed by atoms with Crippen molar-refractivity contribution in [2.45, 2.75) is 35.6 Å². The van der Waals surface area contributed by atoms with Crippen LogP contribution < -0.4 is 0 Å². The number of rotatable bonds is 6. The van der Waals surface area contributed by atoms with Crippen LogP contribution in [0.4, 0.5) is 0 Å². The fourth-order valence-electron chi connectivity index (χ4n) is 5.17. The largest absolute Gasteiger partial charge is 0.303 e. The smallest absolute Gasteiger partial charge is 0.178 e. The lowest BCUT2D eigenvalue weighted by atomic mass is 9.74. The maximum Gasteiger partial charge on any atom is 0.178 e. The molecule has 0 aromatic heterocycles. The Bertz CT molecular complexity index is 1170. The van der Waals surface area contributed by atoms with Crippen LogP contribution in [0.5, 0.6) is 0 Å². The molecular weight excluding hydrogens is 438 g/mol. The lowest BCUT2D eigenvalue weighted by Crippen LogP contribution is -2.43. The first kappa shape index (κ1) is 22.9. The highest BCUT2D eigenvalue weighted by atomic mass is 32.2. The van der Waals surface area contributed by atoms with E-state index in [1.807, 2.05) is 48.5 Å². The van der Waals surface area contributed by atoms with Gasteiger partial charge in [-0.15, -0.1) is 0 Å². The molecule has 2 heterocycles. The molecule has 5 rings (SSSR count). The maximum absolute atomic E-state index is 12.9. The molecule has 0 bridgehead atoms. The van der Waals surface area contributed by atoms with E-state index in [4.69, 9.17) is 0 Å². The lowest BCUT2D eigenvalue weighted by Gasteiger charge is -2.39. The van der Waals surface area contributed by atoms with Gasteiger partial charge in [0, 0.05) is 16.5 Å². The number of ketones is 1. The number of carbonyl (C=O) groups excluding carboxylic acids is 1. The van der Waals surface area contributed by atoms with Gasteiger partial charge in [-0.3, -0.25) is 4.79 Å². The van der Waals surface area contributed by atoms with Crippen LogP contribution in [0.1, 0.15) is 46.8 Å². The standard InChI is InChI=1S/C29H29N3OS/c30-22-29(24-11-5-2-6-12-24)16-19-31(20-17-29)18-15-26(23-9-3-1-4-10-23)32-21-27(33)25-13-7-8-14-28(25)34-32/h1-14,26H,15-21H2. The number of carbonyl (C=O) groups is 1. The van der Waals surface area contributed by atoms with E-state index < -0.39 is 0 Å². The van der Waals surface area contributed by atoms with Gasteiger partial charge in [0.1, 0.15) is 0 Å². The maximum atomic E-state index is 12.9. The van der Waals surface area contributed by atoms with Crippen LogP contribution in [0.15, 0.2) is 89.8 Å². The first-order valence-electron chi connectivity index (χ1n) is 12.0. The summed E-state index contributed by atoms with van der Waals surface area (Å²) in [5.41, 5.74) is 2.84. The van der Waals surface area contributed by atoms with Crippen molar-refractivity contribution < 1.29 is 4.79 Å². The molecule has 2 aliphatic rings. The van der Waals surface area contributed by atoms with E-state index >= 15 is 0 Å². The third-order valence-corrected chi connectivity index (χ3v) is 8.37. The summed E-state index contributed by atoms with van der Waals surface area (Å²) < 4.78 is 2.26. The molecule has 0 radical (unpaired) electrons. The minimum Gasteiger partial charge on any atom is -0.303 e. The fraction of sp³-hybridized carbons (Fsp3) is 0.310. The van der Waals surface area contributed by atoms with E-state index in [0.29, 0.717) is 6.54 Å². The summed E-state index contributed by atoms with van der Waals surface area (Å²) in [7, 11) is 0. The van der Waals surface area contributed by atoms with E-state index in [9.17, 15) is 10.1 Å². The highest BCUT2D eigenvalue weighted by Gasteiger charge is 2.37. The van der Waals surface area contributed by atoms with Gasteiger partial charge in [0.05, 0.1) is 18.0 Å². The summed E-state index contributed by atoms with van der Waals surface area (Å²) in [6.45, 7) is 3.20. The quantitative estimate of drug-likeness (QED) is 0.424. The summed E-state index contributed by atoms with van der Waals surface area (Å²) in [6, 6.07) is 31.5. The van der Waals surface area contributed by atoms with E-state index in [1.165, 1.54) is 5.56 Å². The van der Waals surface area contributed by atoms with Gasteiger partial charge in [-0.2, -0.15) is 5.26 Å². The highest BCUT2D eigenvalue weighted by molar-refractivity contribution is 7.97. The van der Waals surface area contributed by atoms with Crippen LogP contribution in [0.25, 0.3) is 0 Å². The van der Waals surface area contributed by atoms with Crippen molar-refractivity contribution in [3.05, 3.63) is 102 Å². The Labute approximate surface area is 206 Å². The van der Waals surface area contributed by atoms with Gasteiger partial charge in [0.2, 0.25) is 0 Å². The molecule has 3 aromatic carbocycles. The number of fused-ring (bicyclic) bond motifs is 1. The zero-order valence-corrected chi connectivity index (χ0v) is 20.1. The number of Topliss-reactive ketones (excluding diaryl/α,β-unsaturated/α-hetero) is 1. The first-order valence-corrected chi connectivity index (χ1v) is 12.8. The molecule has 1 unspecified atom stereocenters. The number of piperidine rings is 1. The molecule has 0 spiro atoms. The van der Waals surface area contributed by atoms with Crippen molar-refractivity contribution in [1.29, 1.82) is 5.26 Å². The molecule has 5 heteroatoms. The lowest BCUT2D eigenvalue weighted by molar-refractivity contribution is 0.0942. The zero-order valence-electron chi connectivity index (χ0n) is 19.3. The monoisotopic (exact) mass is 467 g/mol. The Balaban J connectivity index is 1.29. The average molecular weight is 468 g/mol. The Morgan fingerprint density at radius 1 is 0.912 bits per heavy atom. The summed E-state index contributed by atoms with van der Waals surface area (Å²) in [5.74, 6) is 0.190. The van der Waals surface area contributed by atoms with Crippen molar-refractivity contribution in [1.82, 2.24) is 9.21 Å². The minimum absolute atomic E-state index is 0.153. The number of nitrogens with zero attached hydrogens (tertiary/aromatic N) is 3. The minimum atomic E-state index is -0.380. The van der Waals surface area contributed by atoms with Crippen molar-refractivity contribution in [3.63, 3.8) is 0 Å². The molecule has 1 fully saturated rings. The SMILES string of the molecule is N#CC1(c2ccccc2)CCN(CCC(c2ccccc2)N2CC(=O)c3ccccc3S2)CC1.